The maximum absolute atomic E-state index is 12.8. The van der Waals surface area contributed by atoms with Crippen LogP contribution in [0, 0.1) is 0 Å². The smallest absolute Gasteiger partial charge is 0.343 e. The fourth-order valence-electron chi connectivity index (χ4n) is 4.29. The Morgan fingerprint density at radius 3 is 2.37 bits per heavy atom. The summed E-state index contributed by atoms with van der Waals surface area (Å²) in [5, 5.41) is 9.80. The zero-order chi connectivity index (χ0) is 29.2. The maximum Gasteiger partial charge on any atom is 0.343 e. The van der Waals surface area contributed by atoms with Gasteiger partial charge in [-0.05, 0) is 73.0 Å². The Labute approximate surface area is 242 Å². The lowest BCUT2D eigenvalue weighted by Crippen LogP contribution is -2.37. The summed E-state index contributed by atoms with van der Waals surface area (Å²) in [7, 11) is 1.41. The van der Waals surface area contributed by atoms with Crippen LogP contribution in [0.1, 0.15) is 58.4 Å². The van der Waals surface area contributed by atoms with Crippen LogP contribution in [-0.2, 0) is 9.59 Å². The molecule has 0 radical (unpaired) electrons. The van der Waals surface area contributed by atoms with Gasteiger partial charge in [-0.25, -0.2) is 10.2 Å². The summed E-state index contributed by atoms with van der Waals surface area (Å²) in [4.78, 5) is 50.1. The van der Waals surface area contributed by atoms with Gasteiger partial charge in [-0.1, -0.05) is 43.0 Å². The molecule has 11 heteroatoms. The summed E-state index contributed by atoms with van der Waals surface area (Å²) in [6.45, 7) is 0. The summed E-state index contributed by atoms with van der Waals surface area (Å²) in [5.74, 6) is -2.47. The SMILES string of the molecule is COc1cc(C=NNC(=O)C(=O)Nc2ccccc2C(=O)NC2CCCCC2)ccc1OC(=O)c1ccc(Cl)cc1. The van der Waals surface area contributed by atoms with Crippen LogP contribution >= 0.6 is 11.6 Å². The second kappa shape index (κ2) is 14.1. The van der Waals surface area contributed by atoms with Gasteiger partial charge >= 0.3 is 17.8 Å². The Hall–Kier alpha value is -4.70. The number of hydrogen-bond donors (Lipinski definition) is 3. The van der Waals surface area contributed by atoms with Gasteiger partial charge in [0.2, 0.25) is 0 Å². The highest BCUT2D eigenvalue weighted by molar-refractivity contribution is 6.40. The third-order valence-electron chi connectivity index (χ3n) is 6.42. The molecule has 0 heterocycles. The summed E-state index contributed by atoms with van der Waals surface area (Å²) in [5.41, 5.74) is 3.46. The number of nitrogens with one attached hydrogen (secondary N) is 3. The molecule has 212 valence electrons. The number of para-hydroxylation sites is 1. The summed E-state index contributed by atoms with van der Waals surface area (Å²) in [6, 6.07) is 17.5. The topological polar surface area (TPSA) is 135 Å². The van der Waals surface area contributed by atoms with E-state index in [2.05, 4.69) is 21.2 Å². The number of hydrazone groups is 1. The van der Waals surface area contributed by atoms with E-state index in [-0.39, 0.29) is 34.7 Å². The van der Waals surface area contributed by atoms with Gasteiger partial charge in [0.15, 0.2) is 11.5 Å². The number of carbonyl (C=O) groups excluding carboxylic acids is 4. The van der Waals surface area contributed by atoms with Crippen molar-refractivity contribution < 1.29 is 28.7 Å². The van der Waals surface area contributed by atoms with Crippen molar-refractivity contribution in [3.63, 3.8) is 0 Å². The van der Waals surface area contributed by atoms with Crippen molar-refractivity contribution in [2.45, 2.75) is 38.1 Å². The number of esters is 1. The number of ether oxygens (including phenoxy) is 2. The van der Waals surface area contributed by atoms with Crippen LogP contribution in [0.3, 0.4) is 0 Å². The second-order valence-corrected chi connectivity index (χ2v) is 9.75. The molecule has 0 aromatic heterocycles. The van der Waals surface area contributed by atoms with Crippen molar-refractivity contribution in [2.75, 3.05) is 12.4 Å². The lowest BCUT2D eigenvalue weighted by molar-refractivity contribution is -0.136. The molecule has 1 saturated carbocycles. The van der Waals surface area contributed by atoms with Crippen molar-refractivity contribution in [3.8, 4) is 11.5 Å². The standard InChI is InChI=1S/C30H29ClN4O6/c1-40-26-17-19(11-16-25(26)41-30(39)20-12-14-21(31)15-13-20)18-32-35-29(38)28(37)34-24-10-6-5-9-23(24)27(36)33-22-7-3-2-4-8-22/h5-6,9-18,22H,2-4,7-8H2,1H3,(H,33,36)(H,34,37)(H,35,38). The van der Waals surface area contributed by atoms with Crippen LogP contribution in [-0.4, -0.2) is 43.1 Å². The van der Waals surface area contributed by atoms with Gasteiger partial charge in [0.05, 0.1) is 30.1 Å². The van der Waals surface area contributed by atoms with Crippen LogP contribution in [0.25, 0.3) is 0 Å². The predicted octanol–water partition coefficient (Wildman–Crippen LogP) is 4.72. The van der Waals surface area contributed by atoms with E-state index < -0.39 is 17.8 Å². The van der Waals surface area contributed by atoms with Gasteiger partial charge in [0.1, 0.15) is 0 Å². The number of halogens is 1. The minimum atomic E-state index is -1.02. The van der Waals surface area contributed by atoms with Gasteiger partial charge in [0, 0.05) is 11.1 Å². The van der Waals surface area contributed by atoms with Crippen LogP contribution in [0.2, 0.25) is 5.02 Å². The zero-order valence-electron chi connectivity index (χ0n) is 22.3. The van der Waals surface area contributed by atoms with Gasteiger partial charge in [0.25, 0.3) is 5.91 Å². The van der Waals surface area contributed by atoms with E-state index in [1.165, 1.54) is 19.4 Å². The first-order chi connectivity index (χ1) is 19.8. The van der Waals surface area contributed by atoms with Gasteiger partial charge in [-0.15, -0.1) is 0 Å². The lowest BCUT2D eigenvalue weighted by atomic mass is 9.95. The minimum absolute atomic E-state index is 0.0980. The molecular weight excluding hydrogens is 548 g/mol. The zero-order valence-corrected chi connectivity index (χ0v) is 23.1. The number of carbonyl (C=O) groups is 4. The lowest BCUT2D eigenvalue weighted by Gasteiger charge is -2.23. The van der Waals surface area contributed by atoms with E-state index in [4.69, 9.17) is 21.1 Å². The first kappa shape index (κ1) is 29.3. The molecule has 3 aromatic rings. The number of methoxy groups -OCH3 is 1. The van der Waals surface area contributed by atoms with Crippen LogP contribution in [0.4, 0.5) is 5.69 Å². The highest BCUT2D eigenvalue weighted by Gasteiger charge is 2.21. The van der Waals surface area contributed by atoms with Crippen LogP contribution in [0.15, 0.2) is 71.8 Å². The third-order valence-corrected chi connectivity index (χ3v) is 6.67. The number of rotatable bonds is 8. The Balaban J connectivity index is 1.33. The Bertz CT molecular complexity index is 1450. The van der Waals surface area contributed by atoms with E-state index >= 15 is 0 Å². The number of nitrogens with zero attached hydrogens (tertiary/aromatic N) is 1. The van der Waals surface area contributed by atoms with Gasteiger partial charge < -0.3 is 20.1 Å². The number of hydrogen-bond acceptors (Lipinski definition) is 7. The average molecular weight is 577 g/mol. The maximum atomic E-state index is 12.8. The molecule has 3 aromatic carbocycles. The van der Waals surface area contributed by atoms with Crippen molar-refractivity contribution in [3.05, 3.63) is 88.4 Å². The molecule has 0 aliphatic heterocycles. The predicted molar refractivity (Wildman–Crippen MR) is 155 cm³/mol. The summed E-state index contributed by atoms with van der Waals surface area (Å²) < 4.78 is 10.7. The third kappa shape index (κ3) is 8.15. The molecule has 10 nitrogen and oxygen atoms in total. The molecular formula is C30H29ClN4O6. The van der Waals surface area contributed by atoms with E-state index in [0.717, 1.165) is 32.1 Å². The molecule has 3 N–H and O–H groups in total. The molecule has 3 amide bonds. The van der Waals surface area contributed by atoms with E-state index in [0.29, 0.717) is 16.1 Å². The quantitative estimate of drug-likeness (QED) is 0.117. The van der Waals surface area contributed by atoms with E-state index in [9.17, 15) is 19.2 Å². The monoisotopic (exact) mass is 576 g/mol. The van der Waals surface area contributed by atoms with Crippen molar-refractivity contribution in [1.29, 1.82) is 0 Å². The number of amides is 3. The fraction of sp³-hybridized carbons (Fsp3) is 0.233. The average Bonchev–Trinajstić information content (AvgIpc) is 2.98. The normalized spacial score (nSPS) is 13.3. The van der Waals surface area contributed by atoms with Crippen molar-refractivity contribution >= 4 is 47.2 Å². The second-order valence-electron chi connectivity index (χ2n) is 9.31. The van der Waals surface area contributed by atoms with E-state index in [1.54, 1.807) is 60.7 Å². The Morgan fingerprint density at radius 1 is 0.902 bits per heavy atom. The van der Waals surface area contributed by atoms with Crippen LogP contribution < -0.4 is 25.5 Å². The molecule has 0 unspecified atom stereocenters. The van der Waals surface area contributed by atoms with Crippen molar-refractivity contribution in [2.24, 2.45) is 5.10 Å². The molecule has 0 bridgehead atoms. The Morgan fingerprint density at radius 2 is 1.63 bits per heavy atom. The number of anilines is 1. The van der Waals surface area contributed by atoms with E-state index in [1.807, 2.05) is 0 Å². The molecule has 4 rings (SSSR count). The Kier molecular flexibility index (Phi) is 10.1. The molecule has 1 aliphatic rings. The van der Waals surface area contributed by atoms with Gasteiger partial charge in [-0.2, -0.15) is 5.10 Å². The molecule has 0 atom stereocenters. The highest BCUT2D eigenvalue weighted by Crippen LogP contribution is 2.28. The van der Waals surface area contributed by atoms with Crippen molar-refractivity contribution in [1.82, 2.24) is 10.7 Å². The number of benzene rings is 3. The first-order valence-electron chi connectivity index (χ1n) is 13.0. The highest BCUT2D eigenvalue weighted by atomic mass is 35.5. The molecule has 0 spiro atoms. The molecule has 41 heavy (non-hydrogen) atoms. The molecule has 0 saturated heterocycles. The fourth-order valence-corrected chi connectivity index (χ4v) is 4.42. The molecule has 1 fully saturated rings. The largest absolute Gasteiger partial charge is 0.493 e. The first-order valence-corrected chi connectivity index (χ1v) is 13.4. The molecule has 1 aliphatic carbocycles. The van der Waals surface area contributed by atoms with Gasteiger partial charge in [-0.3, -0.25) is 14.4 Å². The summed E-state index contributed by atoms with van der Waals surface area (Å²) in [6.07, 6.45) is 6.44. The summed E-state index contributed by atoms with van der Waals surface area (Å²) >= 11 is 5.86. The minimum Gasteiger partial charge on any atom is -0.493 e. The van der Waals surface area contributed by atoms with Crippen LogP contribution in [0.5, 0.6) is 11.5 Å².